The normalized spacial score (nSPS) is 16.8. The first-order valence-electron chi connectivity index (χ1n) is 9.62. The molecule has 3 aromatic rings. The number of benzene rings is 2. The number of rotatable bonds is 5. The van der Waals surface area contributed by atoms with Crippen molar-refractivity contribution in [1.82, 2.24) is 14.9 Å². The van der Waals surface area contributed by atoms with E-state index in [9.17, 15) is 4.79 Å². The minimum absolute atomic E-state index is 0.0557. The van der Waals surface area contributed by atoms with Crippen LogP contribution in [0.25, 0.3) is 0 Å². The molecule has 1 aliphatic heterocycles. The average molecular weight is 373 g/mol. The Hall–Kier alpha value is -3.21. The molecule has 5 heteroatoms. The Balaban J connectivity index is 1.55. The summed E-state index contributed by atoms with van der Waals surface area (Å²) in [6.45, 7) is 1.32. The van der Waals surface area contributed by atoms with Crippen molar-refractivity contribution in [3.63, 3.8) is 0 Å². The van der Waals surface area contributed by atoms with Crippen LogP contribution in [0.5, 0.6) is 5.88 Å². The lowest BCUT2D eigenvalue weighted by molar-refractivity contribution is -0.134. The van der Waals surface area contributed by atoms with Gasteiger partial charge in [-0.15, -0.1) is 0 Å². The average Bonchev–Trinajstić information content (AvgIpc) is 2.76. The van der Waals surface area contributed by atoms with Gasteiger partial charge in [0.15, 0.2) is 0 Å². The maximum atomic E-state index is 13.5. The SMILES string of the molecule is O=C(C(c1ccccc1)c1ccccc1)N1CCC[C@H](Oc2ccncn2)C1. The molecule has 0 unspecified atom stereocenters. The molecule has 1 atom stereocenters. The standard InChI is InChI=1S/C23H23N3O2/c27-23(22(18-8-3-1-4-9-18)19-10-5-2-6-11-19)26-15-7-12-20(16-26)28-21-13-14-24-17-25-21/h1-6,8-11,13-14,17,20,22H,7,12,15-16H2/t20-/m0/s1. The van der Waals surface area contributed by atoms with Gasteiger partial charge in [-0.25, -0.2) is 9.97 Å². The first-order chi connectivity index (χ1) is 13.8. The Morgan fingerprint density at radius 1 is 1.00 bits per heavy atom. The van der Waals surface area contributed by atoms with Crippen LogP contribution in [0.2, 0.25) is 0 Å². The molecule has 28 heavy (non-hydrogen) atoms. The van der Waals surface area contributed by atoms with Gasteiger partial charge in [-0.2, -0.15) is 0 Å². The summed E-state index contributed by atoms with van der Waals surface area (Å²) >= 11 is 0. The molecule has 0 saturated carbocycles. The Bertz CT molecular complexity index is 848. The van der Waals surface area contributed by atoms with Gasteiger partial charge in [0.2, 0.25) is 11.8 Å². The molecule has 4 rings (SSSR count). The number of amides is 1. The fourth-order valence-electron chi connectivity index (χ4n) is 3.70. The highest BCUT2D eigenvalue weighted by molar-refractivity contribution is 5.87. The van der Waals surface area contributed by atoms with E-state index in [0.717, 1.165) is 30.5 Å². The van der Waals surface area contributed by atoms with Gasteiger partial charge in [0.1, 0.15) is 12.4 Å². The zero-order valence-corrected chi connectivity index (χ0v) is 15.6. The highest BCUT2D eigenvalue weighted by Gasteiger charge is 2.31. The topological polar surface area (TPSA) is 55.3 Å². The summed E-state index contributed by atoms with van der Waals surface area (Å²) in [7, 11) is 0. The van der Waals surface area contributed by atoms with Crippen LogP contribution in [0.1, 0.15) is 29.9 Å². The lowest BCUT2D eigenvalue weighted by atomic mass is 9.89. The maximum absolute atomic E-state index is 13.5. The number of hydrogen-bond acceptors (Lipinski definition) is 4. The zero-order chi connectivity index (χ0) is 19.2. The first kappa shape index (κ1) is 18.2. The van der Waals surface area contributed by atoms with Crippen molar-refractivity contribution in [2.75, 3.05) is 13.1 Å². The fourth-order valence-corrected chi connectivity index (χ4v) is 3.70. The van der Waals surface area contributed by atoms with Gasteiger partial charge in [-0.3, -0.25) is 4.79 Å². The maximum Gasteiger partial charge on any atom is 0.234 e. The fraction of sp³-hybridized carbons (Fsp3) is 0.261. The van der Waals surface area contributed by atoms with E-state index >= 15 is 0 Å². The zero-order valence-electron chi connectivity index (χ0n) is 15.6. The highest BCUT2D eigenvalue weighted by atomic mass is 16.5. The summed E-state index contributed by atoms with van der Waals surface area (Å²) < 4.78 is 5.98. The Kier molecular flexibility index (Phi) is 5.61. The lowest BCUT2D eigenvalue weighted by Crippen LogP contribution is -2.46. The summed E-state index contributed by atoms with van der Waals surface area (Å²) in [5.41, 5.74) is 2.02. The molecule has 142 valence electrons. The quantitative estimate of drug-likeness (QED) is 0.685. The summed E-state index contributed by atoms with van der Waals surface area (Å²) in [6, 6.07) is 21.7. The van der Waals surface area contributed by atoms with Crippen molar-refractivity contribution in [2.24, 2.45) is 0 Å². The molecule has 0 bridgehead atoms. The molecule has 0 aliphatic carbocycles. The number of likely N-dealkylation sites (tertiary alicyclic amines) is 1. The number of piperidine rings is 1. The molecule has 0 spiro atoms. The van der Waals surface area contributed by atoms with E-state index < -0.39 is 0 Å². The Labute approximate surface area is 165 Å². The third-order valence-electron chi connectivity index (χ3n) is 5.04. The third kappa shape index (κ3) is 4.19. The smallest absolute Gasteiger partial charge is 0.234 e. The van der Waals surface area contributed by atoms with Crippen LogP contribution >= 0.6 is 0 Å². The van der Waals surface area contributed by atoms with E-state index in [1.165, 1.54) is 6.33 Å². The third-order valence-corrected chi connectivity index (χ3v) is 5.04. The molecule has 0 radical (unpaired) electrons. The summed E-state index contributed by atoms with van der Waals surface area (Å²) in [5, 5.41) is 0. The minimum atomic E-state index is -0.305. The van der Waals surface area contributed by atoms with E-state index in [0.29, 0.717) is 12.4 Å². The molecule has 2 heterocycles. The second kappa shape index (κ2) is 8.65. The predicted molar refractivity (Wildman–Crippen MR) is 107 cm³/mol. The van der Waals surface area contributed by atoms with Crippen LogP contribution in [0.4, 0.5) is 0 Å². The number of ether oxygens (including phenoxy) is 1. The van der Waals surface area contributed by atoms with Gasteiger partial charge in [-0.1, -0.05) is 60.7 Å². The van der Waals surface area contributed by atoms with E-state index in [-0.39, 0.29) is 17.9 Å². The molecular formula is C23H23N3O2. The second-order valence-corrected chi connectivity index (χ2v) is 6.97. The largest absolute Gasteiger partial charge is 0.472 e. The van der Waals surface area contributed by atoms with Crippen LogP contribution in [-0.2, 0) is 4.79 Å². The molecule has 1 aromatic heterocycles. The second-order valence-electron chi connectivity index (χ2n) is 6.97. The van der Waals surface area contributed by atoms with E-state index in [1.54, 1.807) is 12.3 Å². The molecule has 1 aliphatic rings. The van der Waals surface area contributed by atoms with Gasteiger partial charge in [0.25, 0.3) is 0 Å². The summed E-state index contributed by atoms with van der Waals surface area (Å²) in [4.78, 5) is 23.5. The van der Waals surface area contributed by atoms with E-state index in [2.05, 4.69) is 9.97 Å². The van der Waals surface area contributed by atoms with Crippen LogP contribution < -0.4 is 4.74 Å². The van der Waals surface area contributed by atoms with Crippen molar-refractivity contribution in [3.05, 3.63) is 90.4 Å². The predicted octanol–water partition coefficient (Wildman–Crippen LogP) is 3.68. The van der Waals surface area contributed by atoms with Crippen molar-refractivity contribution in [1.29, 1.82) is 0 Å². The lowest BCUT2D eigenvalue weighted by Gasteiger charge is -2.35. The summed E-state index contributed by atoms with van der Waals surface area (Å²) in [6.07, 6.45) is 4.91. The monoisotopic (exact) mass is 373 g/mol. The van der Waals surface area contributed by atoms with Gasteiger partial charge < -0.3 is 9.64 Å². The van der Waals surface area contributed by atoms with Gasteiger partial charge in [0.05, 0.1) is 12.5 Å². The number of carbonyl (C=O) groups is 1. The van der Waals surface area contributed by atoms with Crippen LogP contribution in [0.3, 0.4) is 0 Å². The number of hydrogen-bond donors (Lipinski definition) is 0. The molecule has 1 saturated heterocycles. The van der Waals surface area contributed by atoms with Crippen molar-refractivity contribution >= 4 is 5.91 Å². The van der Waals surface area contributed by atoms with E-state index in [4.69, 9.17) is 4.74 Å². The molecule has 2 aromatic carbocycles. The first-order valence-corrected chi connectivity index (χ1v) is 9.62. The minimum Gasteiger partial charge on any atom is -0.472 e. The van der Waals surface area contributed by atoms with E-state index in [1.807, 2.05) is 65.6 Å². The molecule has 5 nitrogen and oxygen atoms in total. The molecular weight excluding hydrogens is 350 g/mol. The molecule has 1 fully saturated rings. The Morgan fingerprint density at radius 3 is 2.29 bits per heavy atom. The molecule has 1 amide bonds. The van der Waals surface area contributed by atoms with Crippen molar-refractivity contribution in [2.45, 2.75) is 24.9 Å². The van der Waals surface area contributed by atoms with Crippen LogP contribution in [0.15, 0.2) is 79.3 Å². The van der Waals surface area contributed by atoms with Crippen LogP contribution in [0, 0.1) is 0 Å². The van der Waals surface area contributed by atoms with Crippen molar-refractivity contribution < 1.29 is 9.53 Å². The van der Waals surface area contributed by atoms with Gasteiger partial charge in [0, 0.05) is 18.8 Å². The molecule has 0 N–H and O–H groups in total. The number of nitrogens with zero attached hydrogens (tertiary/aromatic N) is 3. The Morgan fingerprint density at radius 2 is 1.68 bits per heavy atom. The van der Waals surface area contributed by atoms with Gasteiger partial charge >= 0.3 is 0 Å². The number of carbonyl (C=O) groups excluding carboxylic acids is 1. The van der Waals surface area contributed by atoms with Crippen LogP contribution in [-0.4, -0.2) is 40.0 Å². The van der Waals surface area contributed by atoms with Gasteiger partial charge in [-0.05, 0) is 24.0 Å². The number of aromatic nitrogens is 2. The highest BCUT2D eigenvalue weighted by Crippen LogP contribution is 2.28. The summed E-state index contributed by atoms with van der Waals surface area (Å²) in [5.74, 6) is 0.366. The van der Waals surface area contributed by atoms with Crippen molar-refractivity contribution in [3.8, 4) is 5.88 Å².